The van der Waals surface area contributed by atoms with Crippen LogP contribution in [0.3, 0.4) is 0 Å². The molecular formula is C46H34Cl7N14RhRu2. The van der Waals surface area contributed by atoms with Crippen molar-refractivity contribution in [2.24, 2.45) is 0 Å². The molecule has 0 N–H and O–H groups in total. The second kappa shape index (κ2) is 40.8. The van der Waals surface area contributed by atoms with Crippen molar-refractivity contribution < 1.29 is 145 Å². The summed E-state index contributed by atoms with van der Waals surface area (Å²) >= 11 is 0. The fraction of sp³-hybridized carbons (Fsp3) is 0. The summed E-state index contributed by atoms with van der Waals surface area (Å²) in [5.74, 6) is 2.22. The van der Waals surface area contributed by atoms with E-state index in [1.807, 2.05) is 109 Å². The maximum absolute atomic E-state index is 4.59. The molecule has 0 bridgehead atoms. The maximum Gasteiger partial charge on any atom is 3.00 e. The summed E-state index contributed by atoms with van der Waals surface area (Å²) in [6.07, 6.45) is 20.4. The Morgan fingerprint density at radius 2 is 0.357 bits per heavy atom. The van der Waals surface area contributed by atoms with Gasteiger partial charge in [0.05, 0.1) is 45.6 Å². The van der Waals surface area contributed by atoms with E-state index in [4.69, 9.17) is 0 Å². The van der Waals surface area contributed by atoms with E-state index in [-0.39, 0.29) is 145 Å². The number of hydrogen-bond donors (Lipinski definition) is 0. The largest absolute Gasteiger partial charge is 3.00 e. The summed E-state index contributed by atoms with van der Waals surface area (Å²) < 4.78 is 0. The van der Waals surface area contributed by atoms with Gasteiger partial charge >= 0.3 is 58.4 Å². The van der Waals surface area contributed by atoms with Crippen LogP contribution in [0.25, 0.3) is 68.8 Å². The van der Waals surface area contributed by atoms with Gasteiger partial charge in [0.15, 0.2) is 23.3 Å². The van der Waals surface area contributed by atoms with Gasteiger partial charge in [-0.3, -0.25) is 19.9 Å². The van der Waals surface area contributed by atoms with Gasteiger partial charge in [0.2, 0.25) is 0 Å². The molecule has 70 heavy (non-hydrogen) atoms. The van der Waals surface area contributed by atoms with Gasteiger partial charge in [-0.05, 0) is 97.1 Å². The molecule has 362 valence electrons. The number of hydrogen-bond acceptors (Lipinski definition) is 14. The molecule has 10 aromatic heterocycles. The summed E-state index contributed by atoms with van der Waals surface area (Å²) in [5, 5.41) is 0. The molecule has 0 radical (unpaired) electrons. The van der Waals surface area contributed by atoms with Crippen LogP contribution in [0.5, 0.6) is 0 Å². The van der Waals surface area contributed by atoms with Gasteiger partial charge in [0.25, 0.3) is 0 Å². The van der Waals surface area contributed by atoms with Crippen molar-refractivity contribution in [3.63, 3.8) is 0 Å². The molecule has 0 fully saturated rings. The van der Waals surface area contributed by atoms with Gasteiger partial charge in [-0.25, -0.2) is 49.8 Å². The summed E-state index contributed by atoms with van der Waals surface area (Å²) in [6.45, 7) is 0. The Labute approximate surface area is 487 Å². The monoisotopic (exact) mass is 1330 g/mol. The van der Waals surface area contributed by atoms with Crippen molar-refractivity contribution in [2.45, 2.75) is 0 Å². The number of halogens is 7. The third-order valence-corrected chi connectivity index (χ3v) is 7.87. The quantitative estimate of drug-likeness (QED) is 0.143. The van der Waals surface area contributed by atoms with Crippen LogP contribution in [0.1, 0.15) is 0 Å². The number of pyridine rings is 6. The molecule has 0 spiro atoms. The molecule has 0 aliphatic carbocycles. The standard InChI is InChI=1S/2C15H11N3.2C8H6N4.7ClH.Rh.2Ru/c2*1-3-10-16-12(6-1)14-8-5-9-15(18-14)13-7-2-4-11-17-13;2*1-3-9-7(10-4-1)8-11-5-2-6-12-8;;;;;;;;;;/h2*1-11H;2*1-6H;7*1H;;;/q;;;;;;;;;;;+3;2*+2/p-7. The van der Waals surface area contributed by atoms with Gasteiger partial charge in [0, 0.05) is 74.4 Å². The zero-order chi connectivity index (χ0) is 40.9. The van der Waals surface area contributed by atoms with Gasteiger partial charge in [-0.2, -0.15) is 0 Å². The van der Waals surface area contributed by atoms with E-state index < -0.39 is 0 Å². The molecule has 10 aromatic rings. The molecule has 10 rings (SSSR count). The first-order chi connectivity index (χ1) is 29.8. The normalized spacial score (nSPS) is 8.57. The SMILES string of the molecule is [Cl-].[Cl-].[Cl-].[Cl-].[Cl-].[Cl-].[Cl-].[Rh+3].[Ru+2].[Ru+2].c1ccc(-c2cccc(-c3ccccn3)n2)nc1.c1ccc(-c2cccc(-c3ccccn3)n2)nc1.c1cnc(-c2ncccn2)nc1.c1cnc(-c2ncccn2)nc1. The molecule has 0 aliphatic rings. The molecule has 0 saturated carbocycles. The summed E-state index contributed by atoms with van der Waals surface area (Å²) in [4.78, 5) is 58.5. The fourth-order valence-corrected chi connectivity index (χ4v) is 5.16. The van der Waals surface area contributed by atoms with Crippen LogP contribution in [-0.4, -0.2) is 69.8 Å². The van der Waals surface area contributed by atoms with E-state index in [9.17, 15) is 0 Å². The van der Waals surface area contributed by atoms with Crippen LogP contribution < -0.4 is 86.8 Å². The Hall–Kier alpha value is -4.88. The van der Waals surface area contributed by atoms with Crippen molar-refractivity contribution in [2.75, 3.05) is 0 Å². The Balaban J connectivity index is -0.000000402. The topological polar surface area (TPSA) is 180 Å². The zero-order valence-corrected chi connectivity index (χ0v) is 46.0. The summed E-state index contributed by atoms with van der Waals surface area (Å²) in [7, 11) is 0. The molecule has 0 aliphatic heterocycles. The second-order valence-electron chi connectivity index (χ2n) is 12.0. The smallest absolute Gasteiger partial charge is 1.00 e. The molecule has 24 heteroatoms. The number of rotatable bonds is 6. The summed E-state index contributed by atoms with van der Waals surface area (Å²) in [5.41, 5.74) is 6.92. The molecule has 0 atom stereocenters. The van der Waals surface area contributed by atoms with Crippen molar-refractivity contribution >= 4 is 0 Å². The van der Waals surface area contributed by atoms with Crippen molar-refractivity contribution in [3.8, 4) is 68.8 Å². The van der Waals surface area contributed by atoms with Gasteiger partial charge < -0.3 is 86.8 Å². The van der Waals surface area contributed by atoms with Crippen LogP contribution >= 0.6 is 0 Å². The molecule has 0 amide bonds. The van der Waals surface area contributed by atoms with Crippen molar-refractivity contribution in [1.82, 2.24) is 69.8 Å². The van der Waals surface area contributed by atoms with Gasteiger partial charge in [-0.15, -0.1) is 0 Å². The fourth-order valence-electron chi connectivity index (χ4n) is 5.16. The predicted molar refractivity (Wildman–Crippen MR) is 228 cm³/mol. The van der Waals surface area contributed by atoms with Gasteiger partial charge in [-0.1, -0.05) is 36.4 Å². The van der Waals surface area contributed by atoms with E-state index >= 15 is 0 Å². The van der Waals surface area contributed by atoms with E-state index in [2.05, 4.69) is 69.8 Å². The maximum atomic E-state index is 4.59. The number of aromatic nitrogens is 14. The van der Waals surface area contributed by atoms with Crippen LogP contribution in [0.4, 0.5) is 0 Å². The van der Waals surface area contributed by atoms with Crippen LogP contribution in [-0.2, 0) is 58.4 Å². The second-order valence-corrected chi connectivity index (χ2v) is 12.0. The minimum Gasteiger partial charge on any atom is -1.00 e. The Morgan fingerprint density at radius 1 is 0.186 bits per heavy atom. The molecule has 0 saturated heterocycles. The Kier molecular flexibility index (Phi) is 41.8. The minimum atomic E-state index is 0. The van der Waals surface area contributed by atoms with Crippen LogP contribution in [0, 0.1) is 0 Å². The van der Waals surface area contributed by atoms with E-state index in [1.165, 1.54) is 0 Å². The summed E-state index contributed by atoms with van der Waals surface area (Å²) in [6, 6.07) is 42.0. The molecule has 0 unspecified atom stereocenters. The van der Waals surface area contributed by atoms with Gasteiger partial charge in [0.1, 0.15) is 0 Å². The average Bonchev–Trinajstić information content (AvgIpc) is 3.37. The minimum absolute atomic E-state index is 0. The van der Waals surface area contributed by atoms with E-state index in [0.717, 1.165) is 45.6 Å². The van der Waals surface area contributed by atoms with Crippen molar-refractivity contribution in [3.05, 3.63) is 208 Å². The van der Waals surface area contributed by atoms with E-state index in [1.54, 1.807) is 98.6 Å². The third kappa shape index (κ3) is 22.9. The zero-order valence-electron chi connectivity index (χ0n) is 35.6. The van der Waals surface area contributed by atoms with E-state index in [0.29, 0.717) is 23.3 Å². The molecular weight excluding hydrogens is 1300 g/mol. The Morgan fingerprint density at radius 3 is 0.529 bits per heavy atom. The first kappa shape index (κ1) is 71.7. The third-order valence-electron chi connectivity index (χ3n) is 7.87. The van der Waals surface area contributed by atoms with Crippen LogP contribution in [0.15, 0.2) is 208 Å². The van der Waals surface area contributed by atoms with Crippen LogP contribution in [0.2, 0.25) is 0 Å². The molecule has 14 nitrogen and oxygen atoms in total. The first-order valence-electron chi connectivity index (χ1n) is 18.5. The molecule has 10 heterocycles. The number of nitrogens with zero attached hydrogens (tertiary/aromatic N) is 14. The Bertz CT molecular complexity index is 2400. The first-order valence-corrected chi connectivity index (χ1v) is 18.5. The average molecular weight is 1340 g/mol. The predicted octanol–water partition coefficient (Wildman–Crippen LogP) is -12.7. The van der Waals surface area contributed by atoms with Crippen molar-refractivity contribution in [1.29, 1.82) is 0 Å². The molecule has 0 aromatic carbocycles.